The predicted molar refractivity (Wildman–Crippen MR) is 164 cm³/mol. The lowest BCUT2D eigenvalue weighted by Crippen LogP contribution is -2.53. The average molecular weight is 596 g/mol. The minimum Gasteiger partial charge on any atom is -0.497 e. The second kappa shape index (κ2) is 14.7. The molecule has 3 rings (SSSR count). The maximum Gasteiger partial charge on any atom is 0.264 e. The van der Waals surface area contributed by atoms with Crippen molar-refractivity contribution in [2.45, 2.75) is 64.6 Å². The lowest BCUT2D eigenvalue weighted by Gasteiger charge is -2.34. The molecule has 0 saturated heterocycles. The van der Waals surface area contributed by atoms with Gasteiger partial charge in [-0.05, 0) is 76.1 Å². The minimum absolute atomic E-state index is 0.0381. The van der Waals surface area contributed by atoms with E-state index in [-0.39, 0.29) is 29.1 Å². The number of carbonyl (C=O) groups excluding carboxylic acids is 2. The van der Waals surface area contributed by atoms with E-state index in [1.165, 1.54) is 17.0 Å². The number of amides is 2. The van der Waals surface area contributed by atoms with Crippen LogP contribution in [0.1, 0.15) is 45.2 Å². The zero-order chi connectivity index (χ0) is 30.9. The Hall–Kier alpha value is -4.05. The molecule has 0 fully saturated rings. The van der Waals surface area contributed by atoms with Gasteiger partial charge < -0.3 is 19.7 Å². The van der Waals surface area contributed by atoms with Crippen molar-refractivity contribution < 1.29 is 27.5 Å². The lowest BCUT2D eigenvalue weighted by atomic mass is 10.1. The van der Waals surface area contributed by atoms with Crippen molar-refractivity contribution in [3.63, 3.8) is 0 Å². The van der Waals surface area contributed by atoms with Gasteiger partial charge in [0.25, 0.3) is 10.0 Å². The first kappa shape index (κ1) is 32.5. The summed E-state index contributed by atoms with van der Waals surface area (Å²) in [6.07, 6.45) is 0.328. The monoisotopic (exact) mass is 595 g/mol. The van der Waals surface area contributed by atoms with Crippen LogP contribution in [0.25, 0.3) is 0 Å². The third-order valence-corrected chi connectivity index (χ3v) is 8.40. The number of nitrogens with zero attached hydrogens (tertiary/aromatic N) is 2. The third kappa shape index (κ3) is 8.03. The fourth-order valence-electron chi connectivity index (χ4n) is 4.56. The molecule has 1 N–H and O–H groups in total. The molecular formula is C32H41N3O6S. The van der Waals surface area contributed by atoms with E-state index in [9.17, 15) is 18.0 Å². The van der Waals surface area contributed by atoms with Crippen LogP contribution in [0.5, 0.6) is 11.5 Å². The molecule has 0 saturated carbocycles. The highest BCUT2D eigenvalue weighted by molar-refractivity contribution is 7.92. The van der Waals surface area contributed by atoms with E-state index < -0.39 is 28.5 Å². The van der Waals surface area contributed by atoms with Crippen LogP contribution in [-0.4, -0.2) is 57.5 Å². The summed E-state index contributed by atoms with van der Waals surface area (Å²) in [5.41, 5.74) is 1.87. The van der Waals surface area contributed by atoms with Crippen LogP contribution in [0.3, 0.4) is 0 Å². The number of nitrogens with one attached hydrogen (secondary N) is 1. The van der Waals surface area contributed by atoms with Gasteiger partial charge in [-0.2, -0.15) is 0 Å². The van der Waals surface area contributed by atoms with Crippen molar-refractivity contribution in [3.05, 3.63) is 83.9 Å². The molecule has 0 heterocycles. The second-order valence-electron chi connectivity index (χ2n) is 10.2. The molecule has 0 aromatic heterocycles. The maximum absolute atomic E-state index is 14.2. The lowest BCUT2D eigenvalue weighted by molar-refractivity contribution is -0.140. The first-order chi connectivity index (χ1) is 20.0. The Labute approximate surface area is 249 Å². The van der Waals surface area contributed by atoms with Crippen LogP contribution < -0.4 is 19.1 Å². The molecule has 226 valence electrons. The van der Waals surface area contributed by atoms with Crippen LogP contribution in [0.4, 0.5) is 5.69 Å². The Bertz CT molecular complexity index is 1460. The van der Waals surface area contributed by atoms with Crippen LogP contribution in [-0.2, 0) is 26.2 Å². The Morgan fingerprint density at radius 2 is 1.64 bits per heavy atom. The number of rotatable bonds is 14. The summed E-state index contributed by atoms with van der Waals surface area (Å²) >= 11 is 0. The molecule has 0 radical (unpaired) electrons. The summed E-state index contributed by atoms with van der Waals surface area (Å²) in [5.74, 6) is 0.0817. The number of anilines is 1. The Morgan fingerprint density at radius 1 is 0.952 bits per heavy atom. The molecule has 10 heteroatoms. The number of methoxy groups -OCH3 is 1. The topological polar surface area (TPSA) is 105 Å². The number of benzene rings is 3. The normalized spacial score (nSPS) is 12.0. The van der Waals surface area contributed by atoms with Crippen molar-refractivity contribution in [2.24, 2.45) is 0 Å². The van der Waals surface area contributed by atoms with E-state index in [4.69, 9.17) is 9.47 Å². The highest BCUT2D eigenvalue weighted by Gasteiger charge is 2.35. The average Bonchev–Trinajstić information content (AvgIpc) is 2.96. The van der Waals surface area contributed by atoms with Gasteiger partial charge in [0.05, 0.1) is 24.3 Å². The summed E-state index contributed by atoms with van der Waals surface area (Å²) in [6, 6.07) is 19.4. The summed E-state index contributed by atoms with van der Waals surface area (Å²) in [6.45, 7) is 9.02. The minimum atomic E-state index is -4.21. The summed E-state index contributed by atoms with van der Waals surface area (Å²) in [5, 5.41) is 2.90. The van der Waals surface area contributed by atoms with Gasteiger partial charge in [-0.3, -0.25) is 13.9 Å². The molecule has 0 aliphatic heterocycles. The number of hydrogen-bond acceptors (Lipinski definition) is 6. The van der Waals surface area contributed by atoms with E-state index in [1.807, 2.05) is 33.8 Å². The number of aryl methyl sites for hydroxylation is 1. The van der Waals surface area contributed by atoms with Gasteiger partial charge in [0.15, 0.2) is 0 Å². The molecule has 9 nitrogen and oxygen atoms in total. The van der Waals surface area contributed by atoms with Crippen molar-refractivity contribution in [1.29, 1.82) is 0 Å². The van der Waals surface area contributed by atoms with E-state index in [2.05, 4.69) is 5.32 Å². The Morgan fingerprint density at radius 3 is 2.26 bits per heavy atom. The summed E-state index contributed by atoms with van der Waals surface area (Å²) in [4.78, 5) is 29.0. The third-order valence-electron chi connectivity index (χ3n) is 6.63. The molecule has 42 heavy (non-hydrogen) atoms. The van der Waals surface area contributed by atoms with Gasteiger partial charge in [0, 0.05) is 12.6 Å². The molecule has 0 aliphatic carbocycles. The highest BCUT2D eigenvalue weighted by atomic mass is 32.2. The largest absolute Gasteiger partial charge is 0.497 e. The molecular weight excluding hydrogens is 554 g/mol. The van der Waals surface area contributed by atoms with Crippen LogP contribution in [0.15, 0.2) is 77.7 Å². The number of ether oxygens (including phenoxy) is 2. The molecule has 0 aliphatic rings. The number of para-hydroxylation sites is 2. The SMILES string of the molecule is CCOc1ccccc1N(CC(=O)N(Cc1cccc(OC)c1)[C@H](CC)C(=O)NC(C)C)S(=O)(=O)c1ccc(C)cc1. The predicted octanol–water partition coefficient (Wildman–Crippen LogP) is 4.93. The molecule has 3 aromatic rings. The van der Waals surface area contributed by atoms with E-state index >= 15 is 0 Å². The van der Waals surface area contributed by atoms with E-state index in [0.717, 1.165) is 15.4 Å². The fourth-order valence-corrected chi connectivity index (χ4v) is 5.98. The van der Waals surface area contributed by atoms with E-state index in [1.54, 1.807) is 68.6 Å². The van der Waals surface area contributed by atoms with Crippen LogP contribution in [0, 0.1) is 6.92 Å². The van der Waals surface area contributed by atoms with E-state index in [0.29, 0.717) is 24.5 Å². The van der Waals surface area contributed by atoms with Gasteiger partial charge in [0.2, 0.25) is 11.8 Å². The standard InChI is InChI=1S/C32H41N3O6S/c1-7-28(32(37)33-23(3)4)34(21-25-12-11-13-26(20-25)40-6)31(36)22-35(29-14-9-10-15-30(29)41-8-2)42(38,39)27-18-16-24(5)17-19-27/h9-20,23,28H,7-8,21-22H2,1-6H3,(H,33,37)/t28-/m1/s1. The quantitative estimate of drug-likeness (QED) is 0.283. The zero-order valence-corrected chi connectivity index (χ0v) is 26.0. The number of sulfonamides is 1. The van der Waals surface area contributed by atoms with Gasteiger partial charge in [0.1, 0.15) is 24.1 Å². The second-order valence-corrected chi connectivity index (χ2v) is 12.0. The van der Waals surface area contributed by atoms with Gasteiger partial charge >= 0.3 is 0 Å². The molecule has 0 bridgehead atoms. The highest BCUT2D eigenvalue weighted by Crippen LogP contribution is 2.33. The number of hydrogen-bond donors (Lipinski definition) is 1. The van der Waals surface area contributed by atoms with Crippen LogP contribution >= 0.6 is 0 Å². The van der Waals surface area contributed by atoms with Gasteiger partial charge in [-0.25, -0.2) is 8.42 Å². The molecule has 0 spiro atoms. The van der Waals surface area contributed by atoms with Crippen molar-refractivity contribution in [2.75, 3.05) is 24.6 Å². The fraction of sp³-hybridized carbons (Fsp3) is 0.375. The van der Waals surface area contributed by atoms with Crippen LogP contribution in [0.2, 0.25) is 0 Å². The first-order valence-electron chi connectivity index (χ1n) is 14.1. The van der Waals surface area contributed by atoms with Crippen molar-refractivity contribution in [1.82, 2.24) is 10.2 Å². The maximum atomic E-state index is 14.2. The zero-order valence-electron chi connectivity index (χ0n) is 25.2. The molecule has 0 unspecified atom stereocenters. The van der Waals surface area contributed by atoms with Crippen molar-refractivity contribution >= 4 is 27.5 Å². The molecule has 3 aromatic carbocycles. The molecule has 1 atom stereocenters. The smallest absolute Gasteiger partial charge is 0.264 e. The Kier molecular flexibility index (Phi) is 11.4. The van der Waals surface area contributed by atoms with Gasteiger partial charge in [-0.1, -0.05) is 48.9 Å². The first-order valence-corrected chi connectivity index (χ1v) is 15.5. The molecule has 2 amide bonds. The summed E-state index contributed by atoms with van der Waals surface area (Å²) < 4.78 is 40.4. The summed E-state index contributed by atoms with van der Waals surface area (Å²) in [7, 11) is -2.66. The Balaban J connectivity index is 2.12. The number of carbonyl (C=O) groups is 2. The van der Waals surface area contributed by atoms with Crippen molar-refractivity contribution in [3.8, 4) is 11.5 Å². The van der Waals surface area contributed by atoms with Gasteiger partial charge in [-0.15, -0.1) is 0 Å².